The molecule has 0 radical (unpaired) electrons. The van der Waals surface area contributed by atoms with Crippen LogP contribution >= 0.6 is 0 Å². The number of aliphatic imine (C=N–C) groups is 1. The molecule has 1 atom stereocenters. The topological polar surface area (TPSA) is 115 Å². The highest BCUT2D eigenvalue weighted by atomic mass is 16.5. The van der Waals surface area contributed by atoms with Crippen LogP contribution in [0.3, 0.4) is 0 Å². The highest BCUT2D eigenvalue weighted by molar-refractivity contribution is 5.97. The number of nitrogens with two attached hydrogens (primary N) is 1. The van der Waals surface area contributed by atoms with Crippen molar-refractivity contribution in [3.05, 3.63) is 59.5 Å². The number of carbonyl (C=O) groups excluding carboxylic acids is 1. The first-order valence-electron chi connectivity index (χ1n) is 10.8. The summed E-state index contributed by atoms with van der Waals surface area (Å²) in [4.78, 5) is 30.2. The number of nitrogens with zero attached hydrogens (tertiary/aromatic N) is 4. The number of pyridine rings is 1. The lowest BCUT2D eigenvalue weighted by Crippen LogP contribution is -2.29. The van der Waals surface area contributed by atoms with Crippen molar-refractivity contribution in [2.24, 2.45) is 10.9 Å². The van der Waals surface area contributed by atoms with E-state index in [1.54, 1.807) is 12.4 Å². The van der Waals surface area contributed by atoms with E-state index in [1.165, 1.54) is 0 Å². The zero-order valence-electron chi connectivity index (χ0n) is 17.4. The normalized spacial score (nSPS) is 18.9. The van der Waals surface area contributed by atoms with Crippen molar-refractivity contribution in [2.75, 3.05) is 12.3 Å². The van der Waals surface area contributed by atoms with Gasteiger partial charge in [-0.3, -0.25) is 14.8 Å². The van der Waals surface area contributed by atoms with Gasteiger partial charge in [-0.25, -0.2) is 9.97 Å². The summed E-state index contributed by atoms with van der Waals surface area (Å²) >= 11 is 0. The summed E-state index contributed by atoms with van der Waals surface area (Å²) < 4.78 is 6.02. The molecule has 0 saturated heterocycles. The van der Waals surface area contributed by atoms with Crippen molar-refractivity contribution in [1.29, 1.82) is 0 Å². The molecule has 160 valence electrons. The van der Waals surface area contributed by atoms with Crippen LogP contribution in [0, 0.1) is 5.92 Å². The lowest BCUT2D eigenvalue weighted by molar-refractivity contribution is 0.0951. The standard InChI is InChI=1S/C24H22N6O2/c25-24-26-6-5-18(30-24)15-9-21-20(27-11-15)10-19(29-21)16-8-14-7-13(1-4-22(14)32-12-16)23(31)28-17-2-3-17/h1,4-7,9,11,16-17H,2-3,8,10,12H2,(H,28,31)(H2,25,26,30). The van der Waals surface area contributed by atoms with Crippen molar-refractivity contribution in [2.45, 2.75) is 31.7 Å². The maximum atomic E-state index is 12.4. The molecule has 8 nitrogen and oxygen atoms in total. The Morgan fingerprint density at radius 3 is 2.91 bits per heavy atom. The van der Waals surface area contributed by atoms with E-state index in [2.05, 4.69) is 20.3 Å². The zero-order chi connectivity index (χ0) is 21.7. The van der Waals surface area contributed by atoms with E-state index in [9.17, 15) is 4.79 Å². The Hall–Kier alpha value is -3.81. The van der Waals surface area contributed by atoms with Gasteiger partial charge in [0.1, 0.15) is 5.75 Å². The van der Waals surface area contributed by atoms with Crippen LogP contribution in [-0.2, 0) is 12.8 Å². The summed E-state index contributed by atoms with van der Waals surface area (Å²) in [6.07, 6.45) is 7.08. The minimum absolute atomic E-state index is 0.00915. The zero-order valence-corrected chi connectivity index (χ0v) is 17.4. The van der Waals surface area contributed by atoms with Gasteiger partial charge in [-0.05, 0) is 55.2 Å². The SMILES string of the molecule is Nc1nccc(-c2cnc3c(c2)N=C(C2COc4ccc(C(=O)NC5CC5)cc4C2)C3)n1. The maximum absolute atomic E-state index is 12.4. The monoisotopic (exact) mass is 426 g/mol. The Labute approximate surface area is 185 Å². The van der Waals surface area contributed by atoms with Crippen LogP contribution in [0.1, 0.15) is 34.5 Å². The molecule has 3 aliphatic rings. The minimum atomic E-state index is -0.00915. The Bertz CT molecular complexity index is 1270. The Morgan fingerprint density at radius 2 is 2.06 bits per heavy atom. The number of nitrogens with one attached hydrogen (secondary N) is 1. The maximum Gasteiger partial charge on any atom is 0.251 e. The number of aromatic nitrogens is 3. The number of fused-ring (bicyclic) bond motifs is 2. The minimum Gasteiger partial charge on any atom is -0.493 e. The third-order valence-electron chi connectivity index (χ3n) is 6.14. The van der Waals surface area contributed by atoms with Crippen LogP contribution in [0.15, 0.2) is 47.7 Å². The smallest absolute Gasteiger partial charge is 0.251 e. The molecule has 1 fully saturated rings. The molecule has 8 heteroatoms. The molecule has 1 saturated carbocycles. The third-order valence-corrected chi connectivity index (χ3v) is 6.14. The van der Waals surface area contributed by atoms with E-state index >= 15 is 0 Å². The van der Waals surface area contributed by atoms with Crippen molar-refractivity contribution in [1.82, 2.24) is 20.3 Å². The Kier molecular flexibility index (Phi) is 4.38. The van der Waals surface area contributed by atoms with E-state index in [0.29, 0.717) is 24.6 Å². The fourth-order valence-electron chi connectivity index (χ4n) is 4.24. The number of rotatable bonds is 4. The van der Waals surface area contributed by atoms with Crippen LogP contribution in [0.25, 0.3) is 11.3 Å². The summed E-state index contributed by atoms with van der Waals surface area (Å²) in [6.45, 7) is 0.572. The summed E-state index contributed by atoms with van der Waals surface area (Å²) in [5.41, 5.74) is 11.9. The summed E-state index contributed by atoms with van der Waals surface area (Å²) in [5, 5.41) is 3.05. The van der Waals surface area contributed by atoms with Gasteiger partial charge in [0.2, 0.25) is 5.95 Å². The molecule has 1 amide bonds. The molecule has 1 aromatic carbocycles. The van der Waals surface area contributed by atoms with Gasteiger partial charge in [-0.2, -0.15) is 0 Å². The van der Waals surface area contributed by atoms with Gasteiger partial charge in [-0.15, -0.1) is 0 Å². The molecule has 32 heavy (non-hydrogen) atoms. The lowest BCUT2D eigenvalue weighted by atomic mass is 9.90. The van der Waals surface area contributed by atoms with Crippen molar-refractivity contribution in [3.63, 3.8) is 0 Å². The predicted octanol–water partition coefficient (Wildman–Crippen LogP) is 2.89. The fraction of sp³-hybridized carbons (Fsp3) is 0.292. The molecule has 1 unspecified atom stereocenters. The summed E-state index contributed by atoms with van der Waals surface area (Å²) in [6, 6.07) is 9.84. The van der Waals surface area contributed by atoms with E-state index < -0.39 is 0 Å². The molecule has 3 N–H and O–H groups in total. The number of ether oxygens (including phenoxy) is 1. The van der Waals surface area contributed by atoms with Crippen LogP contribution in [0.4, 0.5) is 11.6 Å². The van der Waals surface area contributed by atoms with Gasteiger partial charge in [0.25, 0.3) is 5.91 Å². The lowest BCUT2D eigenvalue weighted by Gasteiger charge is -2.25. The van der Waals surface area contributed by atoms with Crippen LogP contribution in [0.2, 0.25) is 0 Å². The molecule has 0 spiro atoms. The fourth-order valence-corrected chi connectivity index (χ4v) is 4.24. The van der Waals surface area contributed by atoms with Crippen LogP contribution < -0.4 is 15.8 Å². The predicted molar refractivity (Wildman–Crippen MR) is 120 cm³/mol. The number of amides is 1. The molecular weight excluding hydrogens is 404 g/mol. The van der Waals surface area contributed by atoms with E-state index in [0.717, 1.165) is 58.9 Å². The van der Waals surface area contributed by atoms with E-state index in [1.807, 2.05) is 30.3 Å². The molecule has 0 bridgehead atoms. The van der Waals surface area contributed by atoms with Gasteiger partial charge >= 0.3 is 0 Å². The Balaban J connectivity index is 1.22. The van der Waals surface area contributed by atoms with Crippen LogP contribution in [-0.4, -0.2) is 39.2 Å². The average Bonchev–Trinajstić information content (AvgIpc) is 3.52. The van der Waals surface area contributed by atoms with Crippen molar-refractivity contribution in [3.8, 4) is 17.0 Å². The first-order chi connectivity index (χ1) is 15.6. The molecule has 6 rings (SSSR count). The first kappa shape index (κ1) is 18.9. The first-order valence-corrected chi connectivity index (χ1v) is 10.8. The van der Waals surface area contributed by atoms with Gasteiger partial charge in [0.15, 0.2) is 0 Å². The second kappa shape index (κ2) is 7.40. The third kappa shape index (κ3) is 3.57. The van der Waals surface area contributed by atoms with Gasteiger partial charge in [0, 0.05) is 47.6 Å². The largest absolute Gasteiger partial charge is 0.493 e. The van der Waals surface area contributed by atoms with E-state index in [-0.39, 0.29) is 17.8 Å². The highest BCUT2D eigenvalue weighted by Crippen LogP contribution is 2.35. The molecule has 4 heterocycles. The summed E-state index contributed by atoms with van der Waals surface area (Å²) in [7, 11) is 0. The van der Waals surface area contributed by atoms with Gasteiger partial charge < -0.3 is 15.8 Å². The highest BCUT2D eigenvalue weighted by Gasteiger charge is 2.30. The summed E-state index contributed by atoms with van der Waals surface area (Å²) in [5.74, 6) is 1.22. The second-order valence-electron chi connectivity index (χ2n) is 8.55. The number of hydrogen-bond acceptors (Lipinski definition) is 7. The quantitative estimate of drug-likeness (QED) is 0.663. The average molecular weight is 426 g/mol. The second-order valence-corrected chi connectivity index (χ2v) is 8.55. The molecule has 2 aliphatic heterocycles. The number of carbonyl (C=O) groups is 1. The van der Waals surface area contributed by atoms with Crippen molar-refractivity contribution >= 4 is 23.3 Å². The molecule has 1 aliphatic carbocycles. The number of anilines is 1. The number of hydrogen-bond donors (Lipinski definition) is 2. The van der Waals surface area contributed by atoms with Gasteiger partial charge in [-0.1, -0.05) is 0 Å². The van der Waals surface area contributed by atoms with E-state index in [4.69, 9.17) is 15.5 Å². The van der Waals surface area contributed by atoms with Crippen LogP contribution in [0.5, 0.6) is 5.75 Å². The molecular formula is C24H22N6O2. The van der Waals surface area contributed by atoms with Crippen molar-refractivity contribution < 1.29 is 9.53 Å². The number of benzene rings is 1. The number of nitrogen functional groups attached to an aromatic ring is 1. The molecule has 3 aromatic rings. The molecule has 2 aromatic heterocycles. The Morgan fingerprint density at radius 1 is 1.16 bits per heavy atom. The van der Waals surface area contributed by atoms with Gasteiger partial charge in [0.05, 0.1) is 23.7 Å².